The van der Waals surface area contributed by atoms with E-state index in [0.29, 0.717) is 0 Å². The number of hydrogen-bond acceptors (Lipinski definition) is 3. The molecule has 0 spiro atoms. The summed E-state index contributed by atoms with van der Waals surface area (Å²) in [6, 6.07) is 7.68. The van der Waals surface area contributed by atoms with Crippen LogP contribution in [0.3, 0.4) is 0 Å². The predicted octanol–water partition coefficient (Wildman–Crippen LogP) is 3.52. The van der Waals surface area contributed by atoms with Crippen molar-refractivity contribution >= 4 is 16.8 Å². The summed E-state index contributed by atoms with van der Waals surface area (Å²) in [5.74, 6) is -0.332. The zero-order valence-corrected chi connectivity index (χ0v) is 12.7. The van der Waals surface area contributed by atoms with E-state index in [1.165, 1.54) is 13.2 Å². The molecule has 1 rings (SSSR count). The summed E-state index contributed by atoms with van der Waals surface area (Å²) in [6.45, 7) is 2.00. The van der Waals surface area contributed by atoms with Crippen molar-refractivity contribution in [3.63, 3.8) is 0 Å². The number of aryl methyl sites for hydroxylation is 1. The first kappa shape index (κ1) is 16.4. The number of unbranched alkanes of at least 4 members (excludes halogenated alkanes) is 2. The first-order chi connectivity index (χ1) is 9.63. The van der Waals surface area contributed by atoms with Gasteiger partial charge in [-0.2, -0.15) is 0 Å². The highest BCUT2D eigenvalue weighted by Gasteiger charge is 1.97. The highest BCUT2D eigenvalue weighted by atomic mass is 32.2. The number of carbonyl (C=O) groups excluding carboxylic acids is 1. The second-order valence-corrected chi connectivity index (χ2v) is 5.68. The molecule has 0 saturated heterocycles. The Hall–Kier alpha value is -1.68. The third kappa shape index (κ3) is 6.48. The Labute approximate surface area is 122 Å². The lowest BCUT2D eigenvalue weighted by atomic mass is 10.2. The first-order valence-electron chi connectivity index (χ1n) is 6.52. The van der Waals surface area contributed by atoms with Crippen LogP contribution in [0.15, 0.2) is 52.8 Å². The van der Waals surface area contributed by atoms with Crippen molar-refractivity contribution < 1.29 is 13.7 Å². The van der Waals surface area contributed by atoms with Gasteiger partial charge in [-0.3, -0.25) is 0 Å². The Kier molecular flexibility index (Phi) is 7.58. The second kappa shape index (κ2) is 9.26. The highest BCUT2D eigenvalue weighted by molar-refractivity contribution is 7.88. The summed E-state index contributed by atoms with van der Waals surface area (Å²) < 4.78 is 16.4. The maximum absolute atomic E-state index is 11.9. The smallest absolute Gasteiger partial charge is 0.330 e. The van der Waals surface area contributed by atoms with Crippen LogP contribution in [0.4, 0.5) is 0 Å². The van der Waals surface area contributed by atoms with Crippen LogP contribution in [0.5, 0.6) is 0 Å². The maximum atomic E-state index is 11.9. The normalized spacial score (nSPS) is 12.9. The second-order valence-electron chi connectivity index (χ2n) is 4.34. The van der Waals surface area contributed by atoms with E-state index >= 15 is 0 Å². The molecule has 0 aliphatic rings. The fourth-order valence-corrected chi connectivity index (χ4v) is 2.38. The molecule has 0 amide bonds. The first-order valence-corrected chi connectivity index (χ1v) is 7.73. The van der Waals surface area contributed by atoms with Crippen LogP contribution in [0, 0.1) is 6.92 Å². The molecular weight excluding hydrogens is 272 g/mol. The lowest BCUT2D eigenvalue weighted by molar-refractivity contribution is -0.134. The van der Waals surface area contributed by atoms with Crippen molar-refractivity contribution in [2.45, 2.75) is 31.1 Å². The van der Waals surface area contributed by atoms with Crippen LogP contribution in [0.25, 0.3) is 0 Å². The fraction of sp³-hybridized carbons (Fsp3) is 0.312. The molecule has 1 atom stereocenters. The van der Waals surface area contributed by atoms with Crippen LogP contribution in [0.1, 0.15) is 24.8 Å². The summed E-state index contributed by atoms with van der Waals surface area (Å²) in [5, 5.41) is 1.72. The van der Waals surface area contributed by atoms with Gasteiger partial charge in [0.25, 0.3) is 0 Å². The van der Waals surface area contributed by atoms with E-state index in [2.05, 4.69) is 4.74 Å². The molecule has 0 aliphatic carbocycles. The van der Waals surface area contributed by atoms with Crippen molar-refractivity contribution in [1.82, 2.24) is 0 Å². The Bertz CT molecular complexity index is 501. The molecule has 0 fully saturated rings. The maximum Gasteiger partial charge on any atom is 0.330 e. The molecule has 1 aromatic rings. The van der Waals surface area contributed by atoms with Crippen LogP contribution in [0.2, 0.25) is 0 Å². The van der Waals surface area contributed by atoms with Gasteiger partial charge in [-0.1, -0.05) is 29.8 Å². The predicted molar refractivity (Wildman–Crippen MR) is 81.7 cm³/mol. The van der Waals surface area contributed by atoms with Gasteiger partial charge in [-0.05, 0) is 38.3 Å². The van der Waals surface area contributed by atoms with Crippen LogP contribution < -0.4 is 0 Å². The molecule has 0 saturated carbocycles. The van der Waals surface area contributed by atoms with Gasteiger partial charge in [0.15, 0.2) is 0 Å². The molecule has 4 heteroatoms. The number of allylic oxidation sites excluding steroid dienone is 2. The number of rotatable bonds is 7. The van der Waals surface area contributed by atoms with Gasteiger partial charge < -0.3 is 4.74 Å². The van der Waals surface area contributed by atoms with E-state index in [0.717, 1.165) is 29.7 Å². The average Bonchev–Trinajstić information content (AvgIpc) is 2.46. The molecule has 1 unspecified atom stereocenters. The van der Waals surface area contributed by atoms with E-state index < -0.39 is 10.8 Å². The van der Waals surface area contributed by atoms with Crippen LogP contribution in [-0.2, 0) is 20.3 Å². The minimum absolute atomic E-state index is 0.332. The quantitative estimate of drug-likeness (QED) is 0.439. The van der Waals surface area contributed by atoms with E-state index in [-0.39, 0.29) is 5.97 Å². The molecule has 0 heterocycles. The molecule has 1 aromatic carbocycles. The summed E-state index contributed by atoms with van der Waals surface area (Å²) in [6.07, 6.45) is 7.68. The largest absolute Gasteiger partial charge is 0.466 e. The molecule has 0 aliphatic heterocycles. The third-order valence-electron chi connectivity index (χ3n) is 2.67. The van der Waals surface area contributed by atoms with Gasteiger partial charge in [0.2, 0.25) is 0 Å². The minimum atomic E-state index is -1.08. The Morgan fingerprint density at radius 1 is 1.20 bits per heavy atom. The van der Waals surface area contributed by atoms with Crippen molar-refractivity contribution in [3.8, 4) is 0 Å². The highest BCUT2D eigenvalue weighted by Crippen LogP contribution is 2.10. The standard InChI is InChI=1S/C16H20O3S/c1-14-9-11-15(12-10-14)20(18)13-7-5-3-4-6-8-16(17)19-2/h6-13H,3-5H2,1-2H3/b8-6-,13-7+. The average molecular weight is 292 g/mol. The van der Waals surface area contributed by atoms with Crippen molar-refractivity contribution in [3.05, 3.63) is 53.5 Å². The fourth-order valence-electron chi connectivity index (χ4n) is 1.51. The monoisotopic (exact) mass is 292 g/mol. The summed E-state index contributed by atoms with van der Waals surface area (Å²) in [4.78, 5) is 11.6. The molecule has 0 radical (unpaired) electrons. The van der Waals surface area contributed by atoms with Crippen LogP contribution in [-0.4, -0.2) is 17.3 Å². The third-order valence-corrected chi connectivity index (χ3v) is 3.85. The number of benzene rings is 1. The van der Waals surface area contributed by atoms with Crippen molar-refractivity contribution in [1.29, 1.82) is 0 Å². The summed E-state index contributed by atoms with van der Waals surface area (Å²) in [7, 11) is 0.277. The zero-order valence-electron chi connectivity index (χ0n) is 11.9. The lowest BCUT2D eigenvalue weighted by Gasteiger charge is -1.97. The van der Waals surface area contributed by atoms with E-state index in [4.69, 9.17) is 0 Å². The number of hydrogen-bond donors (Lipinski definition) is 0. The SMILES string of the molecule is COC(=O)/C=C\CCC/C=C/S(=O)c1ccc(C)cc1. The molecular formula is C16H20O3S. The van der Waals surface area contributed by atoms with Crippen LogP contribution >= 0.6 is 0 Å². The van der Waals surface area contributed by atoms with Gasteiger partial charge >= 0.3 is 5.97 Å². The van der Waals surface area contributed by atoms with Crippen molar-refractivity contribution in [2.75, 3.05) is 7.11 Å². The lowest BCUT2D eigenvalue weighted by Crippen LogP contribution is -1.93. The summed E-state index contributed by atoms with van der Waals surface area (Å²) >= 11 is 0. The van der Waals surface area contributed by atoms with Crippen molar-refractivity contribution in [2.24, 2.45) is 0 Å². The number of methoxy groups -OCH3 is 1. The number of esters is 1. The Balaban J connectivity index is 2.28. The molecule has 20 heavy (non-hydrogen) atoms. The van der Waals surface area contributed by atoms with Gasteiger partial charge in [0.05, 0.1) is 17.9 Å². The van der Waals surface area contributed by atoms with Gasteiger partial charge in [-0.25, -0.2) is 9.00 Å². The van der Waals surface area contributed by atoms with E-state index in [1.54, 1.807) is 11.5 Å². The minimum Gasteiger partial charge on any atom is -0.466 e. The van der Waals surface area contributed by atoms with Gasteiger partial charge in [-0.15, -0.1) is 0 Å². The summed E-state index contributed by atoms with van der Waals surface area (Å²) in [5.41, 5.74) is 1.16. The van der Waals surface area contributed by atoms with Gasteiger partial charge in [0.1, 0.15) is 0 Å². The number of ether oxygens (including phenoxy) is 1. The molecule has 0 N–H and O–H groups in total. The van der Waals surface area contributed by atoms with E-state index in [9.17, 15) is 9.00 Å². The van der Waals surface area contributed by atoms with Gasteiger partial charge in [0, 0.05) is 16.4 Å². The Morgan fingerprint density at radius 3 is 2.50 bits per heavy atom. The molecule has 3 nitrogen and oxygen atoms in total. The Morgan fingerprint density at radius 2 is 1.85 bits per heavy atom. The molecule has 0 aromatic heterocycles. The molecule has 0 bridgehead atoms. The zero-order chi connectivity index (χ0) is 14.8. The number of carbonyl (C=O) groups is 1. The molecule has 108 valence electrons. The van der Waals surface area contributed by atoms with E-state index in [1.807, 2.05) is 37.3 Å². The topological polar surface area (TPSA) is 43.4 Å².